The monoisotopic (exact) mass is 362 g/mol. The number of hydrogen-bond acceptors (Lipinski definition) is 5. The predicted octanol–water partition coefficient (Wildman–Crippen LogP) is 3.65. The lowest BCUT2D eigenvalue weighted by Gasteiger charge is -2.16. The van der Waals surface area contributed by atoms with Gasteiger partial charge in [-0.3, -0.25) is 9.59 Å². The number of carbonyl (C=O) groups is 2. The molecule has 0 saturated carbocycles. The maximum absolute atomic E-state index is 13.0. The van der Waals surface area contributed by atoms with E-state index in [1.807, 2.05) is 0 Å². The smallest absolute Gasteiger partial charge is 0.395 e. The van der Waals surface area contributed by atoms with Gasteiger partial charge in [0.25, 0.3) is 0 Å². The molecule has 2 aromatic rings. The minimum absolute atomic E-state index is 0.0706. The maximum atomic E-state index is 13.0. The Balaban J connectivity index is 1.65. The molecule has 2 aromatic carbocycles. The Morgan fingerprint density at radius 3 is 2.50 bits per heavy atom. The van der Waals surface area contributed by atoms with Gasteiger partial charge in [-0.1, -0.05) is 12.1 Å². The number of rotatable bonds is 5. The van der Waals surface area contributed by atoms with E-state index < -0.39 is 12.3 Å². The minimum Gasteiger partial charge on any atom is -0.395 e. The zero-order valence-electron chi connectivity index (χ0n) is 14.0. The van der Waals surface area contributed by atoms with Crippen molar-refractivity contribution in [2.75, 3.05) is 10.6 Å². The second-order valence-corrected chi connectivity index (χ2v) is 5.82. The fraction of sp³-hybridized carbons (Fsp3) is 0.222. The molecule has 0 aliphatic carbocycles. The summed E-state index contributed by atoms with van der Waals surface area (Å²) >= 11 is 0. The molecule has 0 aromatic heterocycles. The van der Waals surface area contributed by atoms with Gasteiger partial charge in [0.2, 0.25) is 5.91 Å². The SMILES string of the molecule is CC(=O)c1cccc(NC(=O)[C@@H](C)Nc2ccc3c(c2)OC(F)(F)O3)c1. The summed E-state index contributed by atoms with van der Waals surface area (Å²) in [7, 11) is 0. The number of hydrogen-bond donors (Lipinski definition) is 2. The topological polar surface area (TPSA) is 76.7 Å². The van der Waals surface area contributed by atoms with Crippen molar-refractivity contribution in [1.82, 2.24) is 0 Å². The first-order valence-electron chi connectivity index (χ1n) is 7.82. The highest BCUT2D eigenvalue weighted by atomic mass is 19.3. The van der Waals surface area contributed by atoms with Crippen molar-refractivity contribution in [3.63, 3.8) is 0 Å². The molecule has 0 bridgehead atoms. The lowest BCUT2D eigenvalue weighted by molar-refractivity contribution is -0.286. The van der Waals surface area contributed by atoms with Gasteiger partial charge in [0, 0.05) is 23.0 Å². The molecule has 26 heavy (non-hydrogen) atoms. The lowest BCUT2D eigenvalue weighted by Crippen LogP contribution is -2.31. The van der Waals surface area contributed by atoms with E-state index in [9.17, 15) is 18.4 Å². The number of amides is 1. The van der Waals surface area contributed by atoms with Crippen LogP contribution in [0.25, 0.3) is 0 Å². The standard InChI is InChI=1S/C18H16F2N2O4/c1-10(17(24)22-13-5-3-4-12(8-13)11(2)23)21-14-6-7-15-16(9-14)26-18(19,20)25-15/h3-10,21H,1-2H3,(H,22,24)/t10-/m1/s1. The van der Waals surface area contributed by atoms with Crippen molar-refractivity contribution >= 4 is 23.1 Å². The molecule has 6 nitrogen and oxygen atoms in total. The molecule has 1 atom stereocenters. The van der Waals surface area contributed by atoms with Crippen molar-refractivity contribution in [2.45, 2.75) is 26.2 Å². The number of anilines is 2. The molecule has 0 unspecified atom stereocenters. The molecule has 1 aliphatic rings. The van der Waals surface area contributed by atoms with Crippen LogP contribution in [-0.2, 0) is 4.79 Å². The van der Waals surface area contributed by atoms with Gasteiger partial charge in [0.05, 0.1) is 0 Å². The predicted molar refractivity (Wildman–Crippen MR) is 90.8 cm³/mol. The molecule has 3 rings (SSSR count). The van der Waals surface area contributed by atoms with Crippen LogP contribution in [0.5, 0.6) is 11.5 Å². The van der Waals surface area contributed by atoms with Crippen LogP contribution in [0.4, 0.5) is 20.2 Å². The molecule has 136 valence electrons. The summed E-state index contributed by atoms with van der Waals surface area (Å²) in [5, 5.41) is 5.59. The molecule has 1 amide bonds. The molecular formula is C18H16F2N2O4. The van der Waals surface area contributed by atoms with Gasteiger partial charge in [-0.25, -0.2) is 0 Å². The molecule has 0 fully saturated rings. The van der Waals surface area contributed by atoms with Crippen molar-refractivity contribution in [3.05, 3.63) is 48.0 Å². The van der Waals surface area contributed by atoms with Crippen LogP contribution >= 0.6 is 0 Å². The van der Waals surface area contributed by atoms with E-state index in [1.54, 1.807) is 31.2 Å². The number of ketones is 1. The maximum Gasteiger partial charge on any atom is 0.586 e. The Bertz CT molecular complexity index is 870. The normalized spacial score (nSPS) is 15.2. The third-order valence-electron chi connectivity index (χ3n) is 3.71. The van der Waals surface area contributed by atoms with Gasteiger partial charge >= 0.3 is 6.29 Å². The number of alkyl halides is 2. The Morgan fingerprint density at radius 2 is 1.77 bits per heavy atom. The van der Waals surface area contributed by atoms with Crippen molar-refractivity contribution in [2.24, 2.45) is 0 Å². The van der Waals surface area contributed by atoms with E-state index in [0.717, 1.165) is 0 Å². The van der Waals surface area contributed by atoms with Gasteiger partial charge in [-0.2, -0.15) is 0 Å². The number of benzene rings is 2. The third-order valence-corrected chi connectivity index (χ3v) is 3.71. The first-order valence-corrected chi connectivity index (χ1v) is 7.82. The van der Waals surface area contributed by atoms with E-state index in [2.05, 4.69) is 20.1 Å². The summed E-state index contributed by atoms with van der Waals surface area (Å²) in [6, 6.07) is 10.1. The molecule has 0 radical (unpaired) electrons. The molecule has 1 heterocycles. The summed E-state index contributed by atoms with van der Waals surface area (Å²) in [4.78, 5) is 23.7. The zero-order valence-corrected chi connectivity index (χ0v) is 14.0. The second-order valence-electron chi connectivity index (χ2n) is 5.82. The number of nitrogens with one attached hydrogen (secondary N) is 2. The van der Waals surface area contributed by atoms with Crippen molar-refractivity contribution in [1.29, 1.82) is 0 Å². The quantitative estimate of drug-likeness (QED) is 0.794. The first kappa shape index (κ1) is 17.7. The Morgan fingerprint density at radius 1 is 1.04 bits per heavy atom. The molecule has 0 spiro atoms. The summed E-state index contributed by atoms with van der Waals surface area (Å²) in [5.41, 5.74) is 1.40. The number of Topliss-reactive ketones (excluding diaryl/α,β-unsaturated/α-hetero) is 1. The average Bonchev–Trinajstić information content (AvgIpc) is 2.88. The van der Waals surface area contributed by atoms with Crippen LogP contribution in [0, 0.1) is 0 Å². The summed E-state index contributed by atoms with van der Waals surface area (Å²) in [6.45, 7) is 3.05. The number of halogens is 2. The van der Waals surface area contributed by atoms with Gasteiger partial charge in [0.1, 0.15) is 6.04 Å². The minimum atomic E-state index is -3.69. The first-order chi connectivity index (χ1) is 12.2. The molecular weight excluding hydrogens is 346 g/mol. The highest BCUT2D eigenvalue weighted by Gasteiger charge is 2.43. The second kappa shape index (κ2) is 6.62. The number of carbonyl (C=O) groups excluding carboxylic acids is 2. The fourth-order valence-electron chi connectivity index (χ4n) is 2.42. The van der Waals surface area contributed by atoms with E-state index in [-0.39, 0.29) is 23.2 Å². The summed E-state index contributed by atoms with van der Waals surface area (Å²) in [5.74, 6) is -0.640. The molecule has 8 heteroatoms. The average molecular weight is 362 g/mol. The van der Waals surface area contributed by atoms with Crippen molar-refractivity contribution in [3.8, 4) is 11.5 Å². The van der Waals surface area contributed by atoms with Crippen LogP contribution in [0.2, 0.25) is 0 Å². The highest BCUT2D eigenvalue weighted by Crippen LogP contribution is 2.42. The Hall–Kier alpha value is -3.16. The van der Waals surface area contributed by atoms with Crippen LogP contribution in [0.3, 0.4) is 0 Å². The van der Waals surface area contributed by atoms with E-state index >= 15 is 0 Å². The Kier molecular flexibility index (Phi) is 4.50. The molecule has 2 N–H and O–H groups in total. The fourth-order valence-corrected chi connectivity index (χ4v) is 2.42. The highest BCUT2D eigenvalue weighted by molar-refractivity contribution is 5.99. The Labute approximate surface area is 148 Å². The van der Waals surface area contributed by atoms with Crippen LogP contribution in [-0.4, -0.2) is 24.0 Å². The van der Waals surface area contributed by atoms with Gasteiger partial charge in [-0.15, -0.1) is 8.78 Å². The van der Waals surface area contributed by atoms with Gasteiger partial charge < -0.3 is 20.1 Å². The number of ether oxygens (including phenoxy) is 2. The zero-order chi connectivity index (χ0) is 18.9. The molecule has 1 aliphatic heterocycles. The van der Waals surface area contributed by atoms with E-state index in [0.29, 0.717) is 16.9 Å². The van der Waals surface area contributed by atoms with Crippen molar-refractivity contribution < 1.29 is 27.8 Å². The summed E-state index contributed by atoms with van der Waals surface area (Å²) in [6.07, 6.45) is -3.69. The lowest BCUT2D eigenvalue weighted by atomic mass is 10.1. The summed E-state index contributed by atoms with van der Waals surface area (Å²) < 4.78 is 34.8. The van der Waals surface area contributed by atoms with Gasteiger partial charge in [-0.05, 0) is 38.1 Å². The molecule has 0 saturated heterocycles. The third kappa shape index (κ3) is 3.90. The van der Waals surface area contributed by atoms with Crippen LogP contribution in [0.15, 0.2) is 42.5 Å². The van der Waals surface area contributed by atoms with E-state index in [4.69, 9.17) is 0 Å². The van der Waals surface area contributed by atoms with Gasteiger partial charge in [0.15, 0.2) is 17.3 Å². The van der Waals surface area contributed by atoms with E-state index in [1.165, 1.54) is 25.1 Å². The largest absolute Gasteiger partial charge is 0.586 e. The van der Waals surface area contributed by atoms with Crippen LogP contribution < -0.4 is 20.1 Å². The van der Waals surface area contributed by atoms with Crippen LogP contribution in [0.1, 0.15) is 24.2 Å². The number of fused-ring (bicyclic) bond motifs is 1.